The van der Waals surface area contributed by atoms with Crippen LogP contribution in [0.4, 0.5) is 5.69 Å². The molecule has 1 aliphatic rings. The Hall–Kier alpha value is -0.520. The summed E-state index contributed by atoms with van der Waals surface area (Å²) >= 11 is 5.37. The molecular formula is C13H17BrN2OS. The number of benzene rings is 1. The first-order valence-electron chi connectivity index (χ1n) is 6.11. The van der Waals surface area contributed by atoms with Crippen molar-refractivity contribution in [3.05, 3.63) is 28.7 Å². The Balaban J connectivity index is 1.76. The van der Waals surface area contributed by atoms with E-state index in [9.17, 15) is 4.79 Å². The zero-order valence-corrected chi connectivity index (χ0v) is 12.5. The molecule has 0 bridgehead atoms. The van der Waals surface area contributed by atoms with E-state index in [0.29, 0.717) is 12.6 Å². The lowest BCUT2D eigenvalue weighted by molar-refractivity contribution is -0.115. The largest absolute Gasteiger partial charge is 0.324 e. The summed E-state index contributed by atoms with van der Waals surface area (Å²) in [7, 11) is 0. The van der Waals surface area contributed by atoms with Crippen LogP contribution in [0.15, 0.2) is 28.7 Å². The van der Waals surface area contributed by atoms with Gasteiger partial charge in [-0.3, -0.25) is 4.79 Å². The number of halogens is 1. The van der Waals surface area contributed by atoms with Crippen LogP contribution in [0.3, 0.4) is 0 Å². The van der Waals surface area contributed by atoms with Crippen molar-refractivity contribution >= 4 is 39.3 Å². The molecule has 1 saturated heterocycles. The molecule has 1 fully saturated rings. The van der Waals surface area contributed by atoms with Crippen LogP contribution >= 0.6 is 27.7 Å². The molecule has 1 aromatic rings. The van der Waals surface area contributed by atoms with Gasteiger partial charge in [0.05, 0.1) is 12.2 Å². The molecular weight excluding hydrogens is 312 g/mol. The fourth-order valence-electron chi connectivity index (χ4n) is 1.90. The average molecular weight is 329 g/mol. The summed E-state index contributed by atoms with van der Waals surface area (Å²) in [6.07, 6.45) is 2.42. The highest BCUT2D eigenvalue weighted by Crippen LogP contribution is 2.21. The highest BCUT2D eigenvalue weighted by molar-refractivity contribution is 9.10. The predicted molar refractivity (Wildman–Crippen MR) is 81.1 cm³/mol. The maximum atomic E-state index is 11.8. The minimum atomic E-state index is 0.0115. The molecule has 3 nitrogen and oxygen atoms in total. The maximum Gasteiger partial charge on any atom is 0.238 e. The van der Waals surface area contributed by atoms with Gasteiger partial charge in [0.25, 0.3) is 0 Å². The number of nitrogens with one attached hydrogen (secondary N) is 2. The maximum absolute atomic E-state index is 11.8. The summed E-state index contributed by atoms with van der Waals surface area (Å²) in [6.45, 7) is 0.382. The second-order valence-corrected chi connectivity index (χ2v) is 6.33. The van der Waals surface area contributed by atoms with Crippen molar-refractivity contribution < 1.29 is 4.79 Å². The van der Waals surface area contributed by atoms with E-state index in [4.69, 9.17) is 0 Å². The number of rotatable bonds is 4. The van der Waals surface area contributed by atoms with Gasteiger partial charge in [-0.15, -0.1) is 0 Å². The number of para-hydroxylation sites is 1. The van der Waals surface area contributed by atoms with Crippen molar-refractivity contribution in [1.29, 1.82) is 0 Å². The molecule has 1 amide bonds. The lowest BCUT2D eigenvalue weighted by atomic mass is 10.2. The molecule has 0 saturated carbocycles. The summed E-state index contributed by atoms with van der Waals surface area (Å²) in [4.78, 5) is 11.8. The van der Waals surface area contributed by atoms with Gasteiger partial charge in [-0.2, -0.15) is 11.8 Å². The number of hydrogen-bond donors (Lipinski definition) is 2. The predicted octanol–water partition coefficient (Wildman–Crippen LogP) is 2.87. The third-order valence-corrected chi connectivity index (χ3v) is 4.77. The van der Waals surface area contributed by atoms with Gasteiger partial charge >= 0.3 is 0 Å². The van der Waals surface area contributed by atoms with Crippen molar-refractivity contribution in [2.75, 3.05) is 23.4 Å². The van der Waals surface area contributed by atoms with E-state index in [-0.39, 0.29) is 5.91 Å². The molecule has 98 valence electrons. The molecule has 0 aliphatic carbocycles. The Morgan fingerprint density at radius 1 is 1.44 bits per heavy atom. The molecule has 0 radical (unpaired) electrons. The number of carbonyl (C=O) groups is 1. The molecule has 0 spiro atoms. The van der Waals surface area contributed by atoms with Crippen LogP contribution in [0.5, 0.6) is 0 Å². The van der Waals surface area contributed by atoms with E-state index in [2.05, 4.69) is 26.6 Å². The van der Waals surface area contributed by atoms with Gasteiger partial charge in [-0.05, 0) is 46.7 Å². The van der Waals surface area contributed by atoms with Crippen molar-refractivity contribution in [3.8, 4) is 0 Å². The minimum Gasteiger partial charge on any atom is -0.324 e. The van der Waals surface area contributed by atoms with Gasteiger partial charge in [0, 0.05) is 16.3 Å². The minimum absolute atomic E-state index is 0.0115. The van der Waals surface area contributed by atoms with E-state index in [1.54, 1.807) is 0 Å². The first-order valence-corrected chi connectivity index (χ1v) is 8.06. The summed E-state index contributed by atoms with van der Waals surface area (Å²) in [6, 6.07) is 8.12. The van der Waals surface area contributed by atoms with E-state index in [0.717, 1.165) is 15.9 Å². The van der Waals surface area contributed by atoms with Gasteiger partial charge in [0.2, 0.25) is 5.91 Å². The van der Waals surface area contributed by atoms with Gasteiger partial charge in [0.1, 0.15) is 0 Å². The molecule has 1 aliphatic heterocycles. The Morgan fingerprint density at radius 2 is 2.28 bits per heavy atom. The van der Waals surface area contributed by atoms with Crippen molar-refractivity contribution in [2.45, 2.75) is 18.9 Å². The normalized spacial score (nSPS) is 19.5. The first-order chi connectivity index (χ1) is 8.75. The number of carbonyl (C=O) groups excluding carboxylic acids is 1. The summed E-state index contributed by atoms with van der Waals surface area (Å²) < 4.78 is 0.909. The molecule has 1 atom stereocenters. The van der Waals surface area contributed by atoms with Crippen LogP contribution in [0.25, 0.3) is 0 Å². The molecule has 5 heteroatoms. The summed E-state index contributed by atoms with van der Waals surface area (Å²) in [5.41, 5.74) is 0.822. The Labute approximate surface area is 120 Å². The zero-order valence-electron chi connectivity index (χ0n) is 10.1. The van der Waals surface area contributed by atoms with Gasteiger partial charge < -0.3 is 10.6 Å². The fourth-order valence-corrected chi connectivity index (χ4v) is 3.39. The lowest BCUT2D eigenvalue weighted by Gasteiger charge is -2.22. The molecule has 18 heavy (non-hydrogen) atoms. The van der Waals surface area contributed by atoms with Crippen LogP contribution in [0.2, 0.25) is 0 Å². The average Bonchev–Trinajstić information content (AvgIpc) is 2.40. The molecule has 0 unspecified atom stereocenters. The molecule has 1 heterocycles. The topological polar surface area (TPSA) is 41.1 Å². The van der Waals surface area contributed by atoms with Crippen LogP contribution < -0.4 is 10.6 Å². The standard InChI is InChI=1S/C13H17BrN2OS/c14-11-5-1-2-6-12(11)16-13(17)8-15-10-4-3-7-18-9-10/h1-2,5-6,10,15H,3-4,7-9H2,(H,16,17)/t10-/m0/s1. The van der Waals surface area contributed by atoms with Gasteiger partial charge in [-0.1, -0.05) is 12.1 Å². The number of thioether (sulfide) groups is 1. The monoisotopic (exact) mass is 328 g/mol. The van der Waals surface area contributed by atoms with Crippen LogP contribution in [-0.2, 0) is 4.79 Å². The van der Waals surface area contributed by atoms with Crippen LogP contribution in [-0.4, -0.2) is 30.0 Å². The second-order valence-electron chi connectivity index (χ2n) is 4.32. The van der Waals surface area contributed by atoms with E-state index >= 15 is 0 Å². The second kappa shape index (κ2) is 7.16. The highest BCUT2D eigenvalue weighted by atomic mass is 79.9. The fraction of sp³-hybridized carbons (Fsp3) is 0.462. The summed E-state index contributed by atoms with van der Waals surface area (Å²) in [5, 5.41) is 6.21. The third-order valence-electron chi connectivity index (χ3n) is 2.86. The number of hydrogen-bond acceptors (Lipinski definition) is 3. The van der Waals surface area contributed by atoms with Crippen LogP contribution in [0, 0.1) is 0 Å². The number of anilines is 1. The van der Waals surface area contributed by atoms with E-state index < -0.39 is 0 Å². The Morgan fingerprint density at radius 3 is 3.00 bits per heavy atom. The zero-order chi connectivity index (χ0) is 12.8. The van der Waals surface area contributed by atoms with Gasteiger partial charge in [0.15, 0.2) is 0 Å². The van der Waals surface area contributed by atoms with Crippen molar-refractivity contribution in [3.63, 3.8) is 0 Å². The molecule has 2 rings (SSSR count). The van der Waals surface area contributed by atoms with Crippen LogP contribution in [0.1, 0.15) is 12.8 Å². The number of amides is 1. The molecule has 0 aromatic heterocycles. The van der Waals surface area contributed by atoms with Gasteiger partial charge in [-0.25, -0.2) is 0 Å². The summed E-state index contributed by atoms with van der Waals surface area (Å²) in [5.74, 6) is 2.38. The van der Waals surface area contributed by atoms with Crippen molar-refractivity contribution in [2.24, 2.45) is 0 Å². The quantitative estimate of drug-likeness (QED) is 0.892. The molecule has 2 N–H and O–H groups in total. The SMILES string of the molecule is O=C(CN[C@H]1CCCSC1)Nc1ccccc1Br. The third kappa shape index (κ3) is 4.30. The lowest BCUT2D eigenvalue weighted by Crippen LogP contribution is -2.39. The Bertz CT molecular complexity index is 408. The Kier molecular flexibility index (Phi) is 5.53. The van der Waals surface area contributed by atoms with E-state index in [1.165, 1.54) is 18.6 Å². The van der Waals surface area contributed by atoms with Crippen molar-refractivity contribution in [1.82, 2.24) is 5.32 Å². The molecule has 1 aromatic carbocycles. The first kappa shape index (κ1) is 13.9. The smallest absolute Gasteiger partial charge is 0.238 e. The van der Waals surface area contributed by atoms with E-state index in [1.807, 2.05) is 36.0 Å². The highest BCUT2D eigenvalue weighted by Gasteiger charge is 2.14.